The van der Waals surface area contributed by atoms with Gasteiger partial charge in [0.1, 0.15) is 0 Å². The van der Waals surface area contributed by atoms with Crippen molar-refractivity contribution in [3.05, 3.63) is 11.9 Å². The van der Waals surface area contributed by atoms with Crippen molar-refractivity contribution in [3.8, 4) is 0 Å². The molecule has 2 nitrogen and oxygen atoms in total. The second-order valence-electron chi connectivity index (χ2n) is 2.72. The maximum absolute atomic E-state index is 2.32. The van der Waals surface area contributed by atoms with E-state index in [-0.39, 0.29) is 0 Å². The first kappa shape index (κ1) is 7.45. The quantitative estimate of drug-likeness (QED) is 0.573. The van der Waals surface area contributed by atoms with Crippen molar-refractivity contribution in [1.82, 2.24) is 9.80 Å². The lowest BCUT2D eigenvalue weighted by atomic mass is 10.3. The third-order valence-electron chi connectivity index (χ3n) is 1.98. The second kappa shape index (κ2) is 2.95. The van der Waals surface area contributed by atoms with Crippen molar-refractivity contribution in [3.63, 3.8) is 0 Å². The SMILES string of the molecule is CCC1=CN(CC)CN1C. The summed E-state index contributed by atoms with van der Waals surface area (Å²) < 4.78 is 0. The van der Waals surface area contributed by atoms with Crippen molar-refractivity contribution in [1.29, 1.82) is 0 Å². The van der Waals surface area contributed by atoms with Gasteiger partial charge in [0.15, 0.2) is 0 Å². The van der Waals surface area contributed by atoms with Gasteiger partial charge in [-0.2, -0.15) is 0 Å². The van der Waals surface area contributed by atoms with E-state index in [4.69, 9.17) is 0 Å². The van der Waals surface area contributed by atoms with Crippen molar-refractivity contribution in [2.24, 2.45) is 0 Å². The molecule has 0 amide bonds. The topological polar surface area (TPSA) is 6.48 Å². The molecule has 0 aromatic rings. The van der Waals surface area contributed by atoms with E-state index in [1.54, 1.807) is 0 Å². The molecule has 0 atom stereocenters. The van der Waals surface area contributed by atoms with Gasteiger partial charge in [-0.05, 0) is 13.3 Å². The Balaban J connectivity index is 2.54. The molecule has 0 radical (unpaired) electrons. The maximum Gasteiger partial charge on any atom is 0.0893 e. The van der Waals surface area contributed by atoms with Crippen LogP contribution in [0.4, 0.5) is 0 Å². The summed E-state index contributed by atoms with van der Waals surface area (Å²) in [5.74, 6) is 0. The number of hydrogen-bond acceptors (Lipinski definition) is 2. The highest BCUT2D eigenvalue weighted by atomic mass is 15.3. The molecule has 0 aromatic carbocycles. The van der Waals surface area contributed by atoms with Crippen molar-refractivity contribution in [2.75, 3.05) is 20.3 Å². The van der Waals surface area contributed by atoms with Gasteiger partial charge in [-0.1, -0.05) is 6.92 Å². The molecule has 0 spiro atoms. The van der Waals surface area contributed by atoms with E-state index >= 15 is 0 Å². The first-order valence-electron chi connectivity index (χ1n) is 3.93. The van der Waals surface area contributed by atoms with Crippen LogP contribution in [0.2, 0.25) is 0 Å². The van der Waals surface area contributed by atoms with Gasteiger partial charge in [-0.15, -0.1) is 0 Å². The third kappa shape index (κ3) is 1.25. The number of hydrogen-bond donors (Lipinski definition) is 0. The third-order valence-corrected chi connectivity index (χ3v) is 1.98. The van der Waals surface area contributed by atoms with E-state index in [0.29, 0.717) is 0 Å². The highest BCUT2D eigenvalue weighted by molar-refractivity contribution is 5.04. The Morgan fingerprint density at radius 2 is 2.20 bits per heavy atom. The van der Waals surface area contributed by atoms with Gasteiger partial charge >= 0.3 is 0 Å². The normalized spacial score (nSPS) is 18.1. The molecule has 58 valence electrons. The van der Waals surface area contributed by atoms with E-state index in [9.17, 15) is 0 Å². The molecule has 0 saturated carbocycles. The summed E-state index contributed by atoms with van der Waals surface area (Å²) in [7, 11) is 2.14. The summed E-state index contributed by atoms with van der Waals surface area (Å²) >= 11 is 0. The zero-order chi connectivity index (χ0) is 7.56. The van der Waals surface area contributed by atoms with Gasteiger partial charge in [-0.25, -0.2) is 0 Å². The minimum atomic E-state index is 1.07. The lowest BCUT2D eigenvalue weighted by Crippen LogP contribution is -2.23. The van der Waals surface area contributed by atoms with E-state index in [1.807, 2.05) is 0 Å². The fraction of sp³-hybridized carbons (Fsp3) is 0.750. The van der Waals surface area contributed by atoms with Crippen LogP contribution in [0.15, 0.2) is 11.9 Å². The average Bonchev–Trinajstić information content (AvgIpc) is 2.30. The fourth-order valence-electron chi connectivity index (χ4n) is 1.27. The van der Waals surface area contributed by atoms with Crippen LogP contribution >= 0.6 is 0 Å². The van der Waals surface area contributed by atoms with Gasteiger partial charge in [0.05, 0.1) is 6.67 Å². The van der Waals surface area contributed by atoms with E-state index in [2.05, 4.69) is 36.9 Å². The molecule has 1 heterocycles. The van der Waals surface area contributed by atoms with E-state index < -0.39 is 0 Å². The lowest BCUT2D eigenvalue weighted by Gasteiger charge is -2.17. The molecule has 0 saturated heterocycles. The molecular weight excluding hydrogens is 124 g/mol. The Hall–Kier alpha value is -0.660. The molecule has 0 bridgehead atoms. The number of allylic oxidation sites excluding steroid dienone is 1. The van der Waals surface area contributed by atoms with Crippen LogP contribution < -0.4 is 0 Å². The van der Waals surface area contributed by atoms with Gasteiger partial charge in [0.2, 0.25) is 0 Å². The van der Waals surface area contributed by atoms with Crippen molar-refractivity contribution in [2.45, 2.75) is 20.3 Å². The Morgan fingerprint density at radius 3 is 2.50 bits per heavy atom. The lowest BCUT2D eigenvalue weighted by molar-refractivity contribution is 0.296. The first-order chi connectivity index (χ1) is 4.77. The minimum absolute atomic E-state index is 1.07. The summed E-state index contributed by atoms with van der Waals surface area (Å²) in [5, 5.41) is 0. The Morgan fingerprint density at radius 1 is 1.50 bits per heavy atom. The standard InChI is InChI=1S/C8H16N2/c1-4-8-6-10(5-2)7-9(8)3/h6H,4-5,7H2,1-3H3. The fourth-order valence-corrected chi connectivity index (χ4v) is 1.27. The van der Waals surface area contributed by atoms with Crippen molar-refractivity contribution < 1.29 is 0 Å². The molecule has 0 N–H and O–H groups in total. The first-order valence-corrected chi connectivity index (χ1v) is 3.93. The molecule has 1 aliphatic heterocycles. The number of nitrogens with zero attached hydrogens (tertiary/aromatic N) is 2. The summed E-state index contributed by atoms with van der Waals surface area (Å²) in [5.41, 5.74) is 1.45. The van der Waals surface area contributed by atoms with Gasteiger partial charge in [0, 0.05) is 25.5 Å². The molecule has 0 aromatic heterocycles. The second-order valence-corrected chi connectivity index (χ2v) is 2.72. The zero-order valence-corrected chi connectivity index (χ0v) is 7.09. The Labute approximate surface area is 63.1 Å². The predicted octanol–water partition coefficient (Wildman–Crippen LogP) is 1.46. The van der Waals surface area contributed by atoms with Crippen LogP contribution in [0.25, 0.3) is 0 Å². The summed E-state index contributed by atoms with van der Waals surface area (Å²) in [6.45, 7) is 6.57. The number of rotatable bonds is 2. The summed E-state index contributed by atoms with van der Waals surface area (Å²) in [4.78, 5) is 4.61. The molecule has 0 fully saturated rings. The molecular formula is C8H16N2. The smallest absolute Gasteiger partial charge is 0.0893 e. The molecule has 10 heavy (non-hydrogen) atoms. The molecule has 2 heteroatoms. The van der Waals surface area contributed by atoms with Gasteiger partial charge < -0.3 is 9.80 Å². The van der Waals surface area contributed by atoms with Gasteiger partial charge in [0.25, 0.3) is 0 Å². The van der Waals surface area contributed by atoms with Crippen LogP contribution in [0.3, 0.4) is 0 Å². The van der Waals surface area contributed by atoms with Gasteiger partial charge in [-0.3, -0.25) is 0 Å². The predicted molar refractivity (Wildman–Crippen MR) is 43.4 cm³/mol. The summed E-state index contributed by atoms with van der Waals surface area (Å²) in [6.07, 6.45) is 3.40. The largest absolute Gasteiger partial charge is 0.359 e. The monoisotopic (exact) mass is 140 g/mol. The minimum Gasteiger partial charge on any atom is -0.359 e. The average molecular weight is 140 g/mol. The molecule has 0 unspecified atom stereocenters. The molecule has 0 aliphatic carbocycles. The highest BCUT2D eigenvalue weighted by Gasteiger charge is 2.12. The van der Waals surface area contributed by atoms with E-state index in [0.717, 1.165) is 19.6 Å². The van der Waals surface area contributed by atoms with Crippen LogP contribution in [0.1, 0.15) is 20.3 Å². The van der Waals surface area contributed by atoms with Crippen LogP contribution in [-0.2, 0) is 0 Å². The molecule has 1 aliphatic rings. The maximum atomic E-state index is 2.32. The van der Waals surface area contributed by atoms with Crippen LogP contribution in [0.5, 0.6) is 0 Å². The highest BCUT2D eigenvalue weighted by Crippen LogP contribution is 2.15. The van der Waals surface area contributed by atoms with E-state index in [1.165, 1.54) is 5.70 Å². The Kier molecular flexibility index (Phi) is 2.20. The summed E-state index contributed by atoms with van der Waals surface area (Å²) in [6, 6.07) is 0. The van der Waals surface area contributed by atoms with Crippen LogP contribution in [-0.4, -0.2) is 30.1 Å². The van der Waals surface area contributed by atoms with Crippen LogP contribution in [0, 0.1) is 0 Å². The molecule has 1 rings (SSSR count). The van der Waals surface area contributed by atoms with Crippen molar-refractivity contribution >= 4 is 0 Å². The zero-order valence-electron chi connectivity index (χ0n) is 7.09. The Bertz CT molecular complexity index is 140.